The average Bonchev–Trinajstić information content (AvgIpc) is 2.76. The number of rotatable bonds is 2. The first-order valence-corrected chi connectivity index (χ1v) is 7.50. The minimum Gasteiger partial charge on any atom is -0.373 e. The molecule has 1 aromatic carbocycles. The summed E-state index contributed by atoms with van der Waals surface area (Å²) in [5.41, 5.74) is 2.02. The Labute approximate surface area is 121 Å². The summed E-state index contributed by atoms with van der Waals surface area (Å²) in [4.78, 5) is 4.38. The van der Waals surface area contributed by atoms with Crippen LogP contribution in [0.5, 0.6) is 0 Å². The van der Waals surface area contributed by atoms with Crippen LogP contribution in [0.4, 0.5) is 15.8 Å². The second kappa shape index (κ2) is 5.36. The van der Waals surface area contributed by atoms with E-state index in [1.165, 1.54) is 6.07 Å². The zero-order valence-electron chi connectivity index (χ0n) is 11.6. The normalized spacial score (nSPS) is 15.2. The molecule has 0 radical (unpaired) electrons. The Morgan fingerprint density at radius 2 is 2.10 bits per heavy atom. The molecule has 0 amide bonds. The standard InChI is InChI=1S/C14H17FN4S/c1-10-16-17-14(20-10)9-19-7-3-6-18(2)12-5-4-11(15)8-13(12)19/h4-5,8H,3,6-7,9H2,1-2H3. The molecular weight excluding hydrogens is 275 g/mol. The van der Waals surface area contributed by atoms with Gasteiger partial charge in [-0.2, -0.15) is 0 Å². The minimum atomic E-state index is -0.197. The van der Waals surface area contributed by atoms with Crippen LogP contribution in [0.1, 0.15) is 16.4 Å². The van der Waals surface area contributed by atoms with E-state index in [0.717, 1.165) is 40.9 Å². The third-order valence-corrected chi connectivity index (χ3v) is 4.33. The van der Waals surface area contributed by atoms with Gasteiger partial charge in [0, 0.05) is 20.1 Å². The zero-order chi connectivity index (χ0) is 14.1. The van der Waals surface area contributed by atoms with Crippen molar-refractivity contribution in [2.45, 2.75) is 19.9 Å². The van der Waals surface area contributed by atoms with Crippen molar-refractivity contribution in [1.82, 2.24) is 10.2 Å². The Hall–Kier alpha value is -1.69. The number of halogens is 1. The highest BCUT2D eigenvalue weighted by atomic mass is 32.1. The molecule has 0 aliphatic carbocycles. The third kappa shape index (κ3) is 2.60. The lowest BCUT2D eigenvalue weighted by Crippen LogP contribution is -2.23. The van der Waals surface area contributed by atoms with Gasteiger partial charge in [-0.3, -0.25) is 0 Å². The molecule has 0 saturated carbocycles. The molecular formula is C14H17FN4S. The number of anilines is 2. The first-order chi connectivity index (χ1) is 9.63. The van der Waals surface area contributed by atoms with Crippen LogP contribution in [-0.2, 0) is 6.54 Å². The van der Waals surface area contributed by atoms with E-state index in [1.54, 1.807) is 17.4 Å². The van der Waals surface area contributed by atoms with Crippen molar-refractivity contribution in [2.24, 2.45) is 0 Å². The van der Waals surface area contributed by atoms with Gasteiger partial charge in [-0.25, -0.2) is 4.39 Å². The van der Waals surface area contributed by atoms with Crippen molar-refractivity contribution >= 4 is 22.7 Å². The maximum absolute atomic E-state index is 13.6. The van der Waals surface area contributed by atoms with Crippen molar-refractivity contribution in [2.75, 3.05) is 29.9 Å². The van der Waals surface area contributed by atoms with E-state index in [1.807, 2.05) is 13.0 Å². The lowest BCUT2D eigenvalue weighted by Gasteiger charge is -2.25. The molecule has 0 atom stereocenters. The Kier molecular flexibility index (Phi) is 3.56. The SMILES string of the molecule is Cc1nnc(CN2CCCN(C)c3ccc(F)cc32)s1. The summed E-state index contributed by atoms with van der Waals surface area (Å²) < 4.78 is 13.6. The molecule has 1 aliphatic heterocycles. The highest BCUT2D eigenvalue weighted by Crippen LogP contribution is 2.33. The maximum Gasteiger partial charge on any atom is 0.136 e. The Bertz CT molecular complexity index is 613. The fraction of sp³-hybridized carbons (Fsp3) is 0.429. The van der Waals surface area contributed by atoms with Gasteiger partial charge >= 0.3 is 0 Å². The van der Waals surface area contributed by atoms with Crippen LogP contribution < -0.4 is 9.80 Å². The second-order valence-electron chi connectivity index (χ2n) is 5.04. The van der Waals surface area contributed by atoms with E-state index in [2.05, 4.69) is 27.0 Å². The quantitative estimate of drug-likeness (QED) is 0.852. The smallest absolute Gasteiger partial charge is 0.136 e. The molecule has 2 heterocycles. The summed E-state index contributed by atoms with van der Waals surface area (Å²) in [6.45, 7) is 4.52. The first kappa shape index (κ1) is 13.3. The fourth-order valence-electron chi connectivity index (χ4n) is 2.54. The van der Waals surface area contributed by atoms with Gasteiger partial charge < -0.3 is 9.80 Å². The molecule has 4 nitrogen and oxygen atoms in total. The summed E-state index contributed by atoms with van der Waals surface area (Å²) in [5.74, 6) is -0.197. The van der Waals surface area contributed by atoms with Gasteiger partial charge in [-0.15, -0.1) is 10.2 Å². The molecule has 0 N–H and O–H groups in total. The molecule has 20 heavy (non-hydrogen) atoms. The van der Waals surface area contributed by atoms with Crippen molar-refractivity contribution in [3.05, 3.63) is 34.0 Å². The molecule has 0 unspecified atom stereocenters. The van der Waals surface area contributed by atoms with Gasteiger partial charge in [0.1, 0.15) is 15.8 Å². The summed E-state index contributed by atoms with van der Waals surface area (Å²) in [6.07, 6.45) is 1.05. The van der Waals surface area contributed by atoms with E-state index in [9.17, 15) is 4.39 Å². The van der Waals surface area contributed by atoms with Gasteiger partial charge in [0.25, 0.3) is 0 Å². The topological polar surface area (TPSA) is 32.3 Å². The highest BCUT2D eigenvalue weighted by Gasteiger charge is 2.20. The summed E-state index contributed by atoms with van der Waals surface area (Å²) in [5, 5.41) is 10.2. The lowest BCUT2D eigenvalue weighted by molar-refractivity contribution is 0.626. The Balaban J connectivity index is 1.94. The molecule has 0 spiro atoms. The number of aryl methyl sites for hydroxylation is 1. The van der Waals surface area contributed by atoms with Crippen LogP contribution in [0.2, 0.25) is 0 Å². The average molecular weight is 292 g/mol. The van der Waals surface area contributed by atoms with Crippen LogP contribution in [0.15, 0.2) is 18.2 Å². The van der Waals surface area contributed by atoms with E-state index in [-0.39, 0.29) is 5.82 Å². The first-order valence-electron chi connectivity index (χ1n) is 6.68. The predicted octanol–water partition coefficient (Wildman–Crippen LogP) is 2.83. The van der Waals surface area contributed by atoms with E-state index in [0.29, 0.717) is 6.54 Å². The molecule has 3 rings (SSSR count). The van der Waals surface area contributed by atoms with Crippen molar-refractivity contribution < 1.29 is 4.39 Å². The molecule has 1 aromatic heterocycles. The predicted molar refractivity (Wildman–Crippen MR) is 80.0 cm³/mol. The second-order valence-corrected chi connectivity index (χ2v) is 6.31. The molecule has 0 saturated heterocycles. The van der Waals surface area contributed by atoms with Crippen LogP contribution in [0.3, 0.4) is 0 Å². The van der Waals surface area contributed by atoms with E-state index in [4.69, 9.17) is 0 Å². The Morgan fingerprint density at radius 3 is 2.85 bits per heavy atom. The monoisotopic (exact) mass is 292 g/mol. The van der Waals surface area contributed by atoms with Crippen LogP contribution in [0, 0.1) is 12.7 Å². The maximum atomic E-state index is 13.6. The van der Waals surface area contributed by atoms with Gasteiger partial charge in [0.2, 0.25) is 0 Å². The highest BCUT2D eigenvalue weighted by molar-refractivity contribution is 7.11. The number of aromatic nitrogens is 2. The van der Waals surface area contributed by atoms with Gasteiger partial charge in [0.05, 0.1) is 17.9 Å². The number of nitrogens with zero attached hydrogens (tertiary/aromatic N) is 4. The number of hydrogen-bond donors (Lipinski definition) is 0. The van der Waals surface area contributed by atoms with Crippen molar-refractivity contribution in [3.8, 4) is 0 Å². The van der Waals surface area contributed by atoms with Gasteiger partial charge in [0.15, 0.2) is 0 Å². The summed E-state index contributed by atoms with van der Waals surface area (Å²) in [7, 11) is 2.05. The number of hydrogen-bond acceptors (Lipinski definition) is 5. The minimum absolute atomic E-state index is 0.197. The molecule has 0 bridgehead atoms. The Morgan fingerprint density at radius 1 is 1.25 bits per heavy atom. The summed E-state index contributed by atoms with van der Waals surface area (Å²) >= 11 is 1.60. The van der Waals surface area contributed by atoms with E-state index < -0.39 is 0 Å². The zero-order valence-corrected chi connectivity index (χ0v) is 12.5. The molecule has 6 heteroatoms. The van der Waals surface area contributed by atoms with Crippen LogP contribution in [-0.4, -0.2) is 30.3 Å². The third-order valence-electron chi connectivity index (χ3n) is 3.50. The van der Waals surface area contributed by atoms with Gasteiger partial charge in [-0.05, 0) is 31.5 Å². The van der Waals surface area contributed by atoms with Crippen molar-refractivity contribution in [1.29, 1.82) is 0 Å². The molecule has 2 aromatic rings. The molecule has 1 aliphatic rings. The largest absolute Gasteiger partial charge is 0.373 e. The van der Waals surface area contributed by atoms with E-state index >= 15 is 0 Å². The molecule has 106 valence electrons. The van der Waals surface area contributed by atoms with Crippen LogP contribution >= 0.6 is 11.3 Å². The number of fused-ring (bicyclic) bond motifs is 1. The van der Waals surface area contributed by atoms with Crippen LogP contribution in [0.25, 0.3) is 0 Å². The number of benzene rings is 1. The summed E-state index contributed by atoms with van der Waals surface area (Å²) in [6, 6.07) is 4.99. The van der Waals surface area contributed by atoms with Gasteiger partial charge in [-0.1, -0.05) is 11.3 Å². The molecule has 0 fully saturated rings. The lowest BCUT2D eigenvalue weighted by atomic mass is 10.2. The van der Waals surface area contributed by atoms with Crippen molar-refractivity contribution in [3.63, 3.8) is 0 Å². The fourth-order valence-corrected chi connectivity index (χ4v) is 3.27.